The van der Waals surface area contributed by atoms with E-state index in [2.05, 4.69) is 4.98 Å². The number of hydrogen-bond donors (Lipinski definition) is 1. The minimum Gasteiger partial charge on any atom is -0.451 e. The molecule has 1 atom stereocenters. The van der Waals surface area contributed by atoms with Gasteiger partial charge in [-0.3, -0.25) is 9.59 Å². The van der Waals surface area contributed by atoms with Gasteiger partial charge in [-0.25, -0.2) is 4.79 Å². The maximum absolute atomic E-state index is 13.1. The van der Waals surface area contributed by atoms with E-state index in [4.69, 9.17) is 4.74 Å². The number of Topliss-reactive ketones (excluding diaryl/α,β-unsaturated/α-hetero) is 1. The van der Waals surface area contributed by atoms with Crippen LogP contribution >= 0.6 is 0 Å². The van der Waals surface area contributed by atoms with E-state index < -0.39 is 17.6 Å². The van der Waals surface area contributed by atoms with Crippen molar-refractivity contribution in [2.45, 2.75) is 58.5 Å². The molecule has 4 fully saturated rings. The van der Waals surface area contributed by atoms with Crippen LogP contribution in [0.3, 0.4) is 0 Å². The highest BCUT2D eigenvalue weighted by molar-refractivity contribution is 5.94. The zero-order chi connectivity index (χ0) is 17.8. The maximum atomic E-state index is 13.1. The number of ether oxygens (including phenoxy) is 1. The van der Waals surface area contributed by atoms with E-state index in [9.17, 15) is 14.4 Å². The SMILES string of the molecule is Cc1ccc(C(=O)OC(C)C(=O)C23CC4CC(CC(C4)C2)C3)c(=O)[nH]1. The lowest BCUT2D eigenvalue weighted by Gasteiger charge is -2.56. The number of hydrogen-bond acceptors (Lipinski definition) is 4. The molecule has 4 saturated carbocycles. The van der Waals surface area contributed by atoms with E-state index >= 15 is 0 Å². The number of pyridine rings is 1. The third-order valence-corrected chi connectivity index (χ3v) is 6.49. The summed E-state index contributed by atoms with van der Waals surface area (Å²) in [5.41, 5.74) is -0.136. The Kier molecular flexibility index (Phi) is 3.85. The van der Waals surface area contributed by atoms with Crippen molar-refractivity contribution in [3.8, 4) is 0 Å². The standard InChI is InChI=1S/C20H25NO4/c1-11-3-4-16(18(23)21-11)19(24)25-12(2)17(22)20-8-13-5-14(9-20)7-15(6-13)10-20/h3-4,12-15H,5-10H2,1-2H3,(H,21,23). The molecule has 0 aliphatic heterocycles. The molecule has 25 heavy (non-hydrogen) atoms. The molecule has 0 spiro atoms. The van der Waals surface area contributed by atoms with Crippen molar-refractivity contribution in [1.82, 2.24) is 4.98 Å². The molecule has 4 aliphatic carbocycles. The quantitative estimate of drug-likeness (QED) is 0.853. The van der Waals surface area contributed by atoms with Crippen LogP contribution in [0.1, 0.15) is 61.5 Å². The monoisotopic (exact) mass is 343 g/mol. The summed E-state index contributed by atoms with van der Waals surface area (Å²) in [7, 11) is 0. The lowest BCUT2D eigenvalue weighted by Crippen LogP contribution is -2.52. The van der Waals surface area contributed by atoms with Gasteiger partial charge in [0, 0.05) is 11.1 Å². The first-order chi connectivity index (χ1) is 11.9. The van der Waals surface area contributed by atoms with Gasteiger partial charge in [-0.1, -0.05) is 0 Å². The Bertz CT molecular complexity index is 743. The van der Waals surface area contributed by atoms with Crippen LogP contribution < -0.4 is 5.56 Å². The van der Waals surface area contributed by atoms with Crippen LogP contribution in [0.5, 0.6) is 0 Å². The summed E-state index contributed by atoms with van der Waals surface area (Å²) >= 11 is 0. The molecule has 5 rings (SSSR count). The third-order valence-electron chi connectivity index (χ3n) is 6.49. The number of aromatic amines is 1. The Hall–Kier alpha value is -1.91. The highest BCUT2D eigenvalue weighted by Crippen LogP contribution is 2.60. The van der Waals surface area contributed by atoms with Gasteiger partial charge in [0.2, 0.25) is 0 Å². The van der Waals surface area contributed by atoms with Crippen LogP contribution in [0.25, 0.3) is 0 Å². The van der Waals surface area contributed by atoms with Gasteiger partial charge in [0.15, 0.2) is 11.9 Å². The summed E-state index contributed by atoms with van der Waals surface area (Å²) in [5.74, 6) is 1.34. The number of ketones is 1. The Labute approximate surface area is 147 Å². The predicted octanol–water partition coefficient (Wildman–Crippen LogP) is 3.01. The molecule has 1 N–H and O–H groups in total. The maximum Gasteiger partial charge on any atom is 0.344 e. The summed E-state index contributed by atoms with van der Waals surface area (Å²) in [6.07, 6.45) is 5.84. The van der Waals surface area contributed by atoms with Crippen molar-refractivity contribution >= 4 is 11.8 Å². The van der Waals surface area contributed by atoms with Crippen molar-refractivity contribution in [3.05, 3.63) is 33.7 Å². The van der Waals surface area contributed by atoms with Gasteiger partial charge in [-0.05, 0) is 82.3 Å². The third kappa shape index (κ3) is 2.83. The molecule has 5 nitrogen and oxygen atoms in total. The number of nitrogens with one attached hydrogen (secondary N) is 1. The number of aryl methyl sites for hydroxylation is 1. The van der Waals surface area contributed by atoms with Gasteiger partial charge in [-0.15, -0.1) is 0 Å². The topological polar surface area (TPSA) is 76.2 Å². The largest absolute Gasteiger partial charge is 0.451 e. The second-order valence-corrected chi connectivity index (χ2v) is 8.49. The van der Waals surface area contributed by atoms with Crippen LogP contribution in [0.15, 0.2) is 16.9 Å². The van der Waals surface area contributed by atoms with Gasteiger partial charge in [0.05, 0.1) is 0 Å². The molecule has 0 amide bonds. The van der Waals surface area contributed by atoms with Gasteiger partial charge in [-0.2, -0.15) is 0 Å². The average molecular weight is 343 g/mol. The number of carbonyl (C=O) groups excluding carboxylic acids is 2. The van der Waals surface area contributed by atoms with Crippen LogP contribution in [-0.4, -0.2) is 22.8 Å². The van der Waals surface area contributed by atoms with Crippen molar-refractivity contribution < 1.29 is 14.3 Å². The minimum atomic E-state index is -0.801. The number of H-pyrrole nitrogens is 1. The smallest absolute Gasteiger partial charge is 0.344 e. The molecule has 0 radical (unpaired) electrons. The van der Waals surface area contributed by atoms with Crippen molar-refractivity contribution in [2.24, 2.45) is 23.2 Å². The highest BCUT2D eigenvalue weighted by atomic mass is 16.5. The van der Waals surface area contributed by atoms with E-state index in [0.29, 0.717) is 23.4 Å². The molecule has 0 saturated heterocycles. The molecule has 0 aromatic carbocycles. The molecule has 1 aromatic rings. The van der Waals surface area contributed by atoms with E-state index in [0.717, 1.165) is 19.3 Å². The molecule has 5 heteroatoms. The molecule has 134 valence electrons. The number of rotatable bonds is 4. The van der Waals surface area contributed by atoms with Crippen LogP contribution in [-0.2, 0) is 9.53 Å². The predicted molar refractivity (Wildman–Crippen MR) is 92.3 cm³/mol. The summed E-state index contributed by atoms with van der Waals surface area (Å²) in [6.45, 7) is 3.40. The van der Waals surface area contributed by atoms with Crippen molar-refractivity contribution in [1.29, 1.82) is 0 Å². The lowest BCUT2D eigenvalue weighted by molar-refractivity contribution is -0.152. The summed E-state index contributed by atoms with van der Waals surface area (Å²) in [5, 5.41) is 0. The highest BCUT2D eigenvalue weighted by Gasteiger charge is 2.55. The van der Waals surface area contributed by atoms with E-state index in [-0.39, 0.29) is 16.8 Å². The Morgan fingerprint density at radius 3 is 2.20 bits per heavy atom. The van der Waals surface area contributed by atoms with Gasteiger partial charge < -0.3 is 9.72 Å². The second kappa shape index (κ2) is 5.82. The molecule has 4 bridgehead atoms. The number of esters is 1. The fourth-order valence-electron chi connectivity index (χ4n) is 5.85. The molecular formula is C20H25NO4. The van der Waals surface area contributed by atoms with Crippen LogP contribution in [0.2, 0.25) is 0 Å². The summed E-state index contributed by atoms with van der Waals surface area (Å²) in [4.78, 5) is 40.0. The normalized spacial score (nSPS) is 33.9. The molecule has 4 aliphatic rings. The zero-order valence-electron chi connectivity index (χ0n) is 14.8. The average Bonchev–Trinajstić information content (AvgIpc) is 2.52. The Balaban J connectivity index is 1.49. The lowest BCUT2D eigenvalue weighted by atomic mass is 9.48. The molecule has 1 heterocycles. The molecule has 1 aromatic heterocycles. The van der Waals surface area contributed by atoms with E-state index in [1.165, 1.54) is 25.3 Å². The number of aromatic nitrogens is 1. The summed E-state index contributed by atoms with van der Waals surface area (Å²) < 4.78 is 5.40. The van der Waals surface area contributed by atoms with Crippen LogP contribution in [0, 0.1) is 30.1 Å². The molecule has 1 unspecified atom stereocenters. The summed E-state index contributed by atoms with van der Waals surface area (Å²) in [6, 6.07) is 3.11. The van der Waals surface area contributed by atoms with Gasteiger partial charge >= 0.3 is 5.97 Å². The second-order valence-electron chi connectivity index (χ2n) is 8.49. The Morgan fingerprint density at radius 2 is 1.68 bits per heavy atom. The van der Waals surface area contributed by atoms with E-state index in [1.54, 1.807) is 19.9 Å². The first-order valence-electron chi connectivity index (χ1n) is 9.31. The van der Waals surface area contributed by atoms with Crippen LogP contribution in [0.4, 0.5) is 0 Å². The first-order valence-corrected chi connectivity index (χ1v) is 9.31. The van der Waals surface area contributed by atoms with Crippen molar-refractivity contribution in [2.75, 3.05) is 0 Å². The molecular weight excluding hydrogens is 318 g/mol. The Morgan fingerprint density at radius 1 is 1.12 bits per heavy atom. The van der Waals surface area contributed by atoms with Crippen molar-refractivity contribution in [3.63, 3.8) is 0 Å². The minimum absolute atomic E-state index is 0.0456. The number of carbonyl (C=O) groups is 2. The fourth-order valence-corrected chi connectivity index (χ4v) is 5.85. The van der Waals surface area contributed by atoms with E-state index in [1.807, 2.05) is 0 Å². The fraction of sp³-hybridized carbons (Fsp3) is 0.650. The van der Waals surface area contributed by atoms with Gasteiger partial charge in [0.25, 0.3) is 5.56 Å². The zero-order valence-corrected chi connectivity index (χ0v) is 14.8. The first kappa shape index (κ1) is 16.6. The van der Waals surface area contributed by atoms with Gasteiger partial charge in [0.1, 0.15) is 5.56 Å².